The van der Waals surface area contributed by atoms with Crippen molar-refractivity contribution in [1.29, 1.82) is 0 Å². The van der Waals surface area contributed by atoms with E-state index in [2.05, 4.69) is 47.0 Å². The van der Waals surface area contributed by atoms with Gasteiger partial charge in [-0.05, 0) is 30.5 Å². The molecule has 3 heterocycles. The number of pyridine rings is 1. The van der Waals surface area contributed by atoms with Crippen molar-refractivity contribution >= 4 is 22.5 Å². The highest BCUT2D eigenvalue weighted by atomic mass is 15.2. The Balaban J connectivity index is 1.89. The van der Waals surface area contributed by atoms with Crippen LogP contribution in [0.1, 0.15) is 31.4 Å². The minimum Gasteiger partial charge on any atom is -0.346 e. The summed E-state index contributed by atoms with van der Waals surface area (Å²) in [6.07, 6.45) is 5.74. The zero-order chi connectivity index (χ0) is 13.4. The van der Waals surface area contributed by atoms with Crippen LogP contribution in [0.4, 0.5) is 0 Å². The molecule has 1 aliphatic heterocycles. The molecule has 0 bridgehead atoms. The highest BCUT2D eigenvalue weighted by Gasteiger charge is 2.22. The lowest BCUT2D eigenvalue weighted by molar-refractivity contribution is 1.01. The maximum Gasteiger partial charge on any atom is 0.137 e. The van der Waals surface area contributed by atoms with Gasteiger partial charge in [-0.3, -0.25) is 0 Å². The summed E-state index contributed by atoms with van der Waals surface area (Å²) in [5, 5.41) is 9.81. The van der Waals surface area contributed by atoms with Crippen molar-refractivity contribution < 1.29 is 0 Å². The lowest BCUT2D eigenvalue weighted by atomic mass is 9.94. The van der Waals surface area contributed by atoms with Crippen molar-refractivity contribution in [1.82, 2.24) is 9.97 Å². The molecule has 98 valence electrons. The van der Waals surface area contributed by atoms with E-state index in [-0.39, 0.29) is 0 Å². The van der Waals surface area contributed by atoms with Gasteiger partial charge < -0.3 is 4.98 Å². The third-order valence-corrected chi connectivity index (χ3v) is 3.79. The summed E-state index contributed by atoms with van der Waals surface area (Å²) in [4.78, 5) is 7.63. The molecule has 0 saturated carbocycles. The van der Waals surface area contributed by atoms with Crippen LogP contribution in [0.5, 0.6) is 0 Å². The van der Waals surface area contributed by atoms with E-state index in [1.54, 1.807) is 0 Å². The van der Waals surface area contributed by atoms with Crippen LogP contribution in [-0.4, -0.2) is 21.4 Å². The molecule has 19 heavy (non-hydrogen) atoms. The van der Waals surface area contributed by atoms with Gasteiger partial charge in [-0.1, -0.05) is 13.8 Å². The van der Waals surface area contributed by atoms with E-state index in [1.807, 2.05) is 12.4 Å². The minimum absolute atomic E-state index is 0.368. The summed E-state index contributed by atoms with van der Waals surface area (Å²) in [6.45, 7) is 6.39. The van der Waals surface area contributed by atoms with Gasteiger partial charge in [0.1, 0.15) is 5.65 Å². The minimum atomic E-state index is 0.368. The topological polar surface area (TPSA) is 53.4 Å². The number of nitrogens with one attached hydrogen (secondary N) is 1. The van der Waals surface area contributed by atoms with E-state index in [0.717, 1.165) is 24.2 Å². The Morgan fingerprint density at radius 2 is 2.05 bits per heavy atom. The molecule has 1 atom stereocenters. The lowest BCUT2D eigenvalue weighted by Crippen LogP contribution is -2.17. The van der Waals surface area contributed by atoms with Crippen LogP contribution < -0.4 is 0 Å². The molecular weight excluding hydrogens is 236 g/mol. The number of rotatable bonds is 3. The van der Waals surface area contributed by atoms with Crippen LogP contribution in [0.25, 0.3) is 11.0 Å². The number of H-pyrrole nitrogens is 1. The van der Waals surface area contributed by atoms with Crippen molar-refractivity contribution in [3.63, 3.8) is 0 Å². The lowest BCUT2D eigenvalue weighted by Gasteiger charge is -2.08. The number of aromatic amines is 1. The Hall–Kier alpha value is -1.97. The Morgan fingerprint density at radius 3 is 2.79 bits per heavy atom. The number of fused-ring (bicyclic) bond motifs is 1. The summed E-state index contributed by atoms with van der Waals surface area (Å²) < 4.78 is 0. The third kappa shape index (κ3) is 2.07. The first-order valence-corrected chi connectivity index (χ1v) is 6.74. The van der Waals surface area contributed by atoms with Crippen LogP contribution >= 0.6 is 0 Å². The van der Waals surface area contributed by atoms with E-state index in [9.17, 15) is 0 Å². The van der Waals surface area contributed by atoms with Gasteiger partial charge in [0.05, 0.1) is 5.71 Å². The Labute approximate surface area is 112 Å². The van der Waals surface area contributed by atoms with Gasteiger partial charge in [-0.2, -0.15) is 10.2 Å². The Morgan fingerprint density at radius 1 is 1.26 bits per heavy atom. The predicted octanol–water partition coefficient (Wildman–Crippen LogP) is 3.27. The Bertz CT molecular complexity index is 679. The van der Waals surface area contributed by atoms with E-state index in [0.29, 0.717) is 5.92 Å². The molecule has 1 unspecified atom stereocenters. The first-order chi connectivity index (χ1) is 9.19. The number of aryl methyl sites for hydroxylation is 1. The maximum atomic E-state index is 4.40. The number of hydrogen-bond acceptors (Lipinski definition) is 3. The largest absolute Gasteiger partial charge is 0.346 e. The molecule has 0 radical (unpaired) electrons. The third-order valence-electron chi connectivity index (χ3n) is 3.79. The smallest absolute Gasteiger partial charge is 0.137 e. The first kappa shape index (κ1) is 12.1. The van der Waals surface area contributed by atoms with E-state index in [4.69, 9.17) is 0 Å². The van der Waals surface area contributed by atoms with Gasteiger partial charge in [-0.15, -0.1) is 0 Å². The van der Waals surface area contributed by atoms with Crippen LogP contribution in [0, 0.1) is 12.8 Å². The summed E-state index contributed by atoms with van der Waals surface area (Å²) >= 11 is 0. The molecule has 0 saturated heterocycles. The van der Waals surface area contributed by atoms with Gasteiger partial charge in [0, 0.05) is 35.8 Å². The predicted molar refractivity (Wildman–Crippen MR) is 78.9 cm³/mol. The standard InChI is InChI=1S/C15H18N4/c1-4-13-10(3)14(19-18-13)6-11-8-17-15-12(11)5-9(2)7-16-15/h5,7-8,10H,4,6H2,1-3H3,(H,16,17). The van der Waals surface area contributed by atoms with Gasteiger partial charge in [0.2, 0.25) is 0 Å². The maximum absolute atomic E-state index is 4.40. The molecule has 1 aliphatic rings. The average Bonchev–Trinajstić information content (AvgIpc) is 2.95. The SMILES string of the molecule is CCC1=NN=C(Cc2c[nH]c3ncc(C)cc23)C1C. The van der Waals surface area contributed by atoms with E-state index >= 15 is 0 Å². The summed E-state index contributed by atoms with van der Waals surface area (Å²) in [5.41, 5.74) is 5.72. The second-order valence-electron chi connectivity index (χ2n) is 5.16. The van der Waals surface area contributed by atoms with Crippen LogP contribution in [0.3, 0.4) is 0 Å². The summed E-state index contributed by atoms with van der Waals surface area (Å²) in [5.74, 6) is 0.368. The fraction of sp³-hybridized carbons (Fsp3) is 0.400. The van der Waals surface area contributed by atoms with Gasteiger partial charge in [0.15, 0.2) is 0 Å². The number of hydrogen-bond donors (Lipinski definition) is 1. The molecule has 0 aromatic carbocycles. The molecule has 2 aromatic heterocycles. The zero-order valence-corrected chi connectivity index (χ0v) is 11.6. The van der Waals surface area contributed by atoms with Crippen molar-refractivity contribution in [2.24, 2.45) is 16.1 Å². The van der Waals surface area contributed by atoms with Crippen molar-refractivity contribution in [3.05, 3.63) is 29.6 Å². The average molecular weight is 254 g/mol. The van der Waals surface area contributed by atoms with Crippen LogP contribution in [0.2, 0.25) is 0 Å². The highest BCUT2D eigenvalue weighted by molar-refractivity contribution is 6.11. The molecule has 4 heteroatoms. The molecular formula is C15H18N4. The second kappa shape index (κ2) is 4.61. The number of nitrogens with zero attached hydrogens (tertiary/aromatic N) is 3. The number of aromatic nitrogens is 2. The molecule has 0 spiro atoms. The van der Waals surface area contributed by atoms with Gasteiger partial charge in [-0.25, -0.2) is 4.98 Å². The van der Waals surface area contributed by atoms with E-state index < -0.39 is 0 Å². The van der Waals surface area contributed by atoms with Crippen molar-refractivity contribution in [2.75, 3.05) is 0 Å². The van der Waals surface area contributed by atoms with Crippen LogP contribution in [-0.2, 0) is 6.42 Å². The van der Waals surface area contributed by atoms with Gasteiger partial charge >= 0.3 is 0 Å². The molecule has 3 rings (SSSR count). The van der Waals surface area contributed by atoms with Crippen LogP contribution in [0.15, 0.2) is 28.7 Å². The van der Waals surface area contributed by atoms with Crippen molar-refractivity contribution in [3.8, 4) is 0 Å². The Kier molecular flexibility index (Phi) is 2.93. The second-order valence-corrected chi connectivity index (χ2v) is 5.16. The molecule has 0 fully saturated rings. The molecule has 2 aromatic rings. The molecule has 0 amide bonds. The van der Waals surface area contributed by atoms with E-state index in [1.165, 1.54) is 22.2 Å². The summed E-state index contributed by atoms with van der Waals surface area (Å²) in [7, 11) is 0. The quantitative estimate of drug-likeness (QED) is 0.898. The fourth-order valence-electron chi connectivity index (χ4n) is 2.56. The first-order valence-electron chi connectivity index (χ1n) is 6.74. The monoisotopic (exact) mass is 254 g/mol. The fourth-order valence-corrected chi connectivity index (χ4v) is 2.56. The highest BCUT2D eigenvalue weighted by Crippen LogP contribution is 2.22. The van der Waals surface area contributed by atoms with Gasteiger partial charge in [0.25, 0.3) is 0 Å². The summed E-state index contributed by atoms with van der Waals surface area (Å²) in [6, 6.07) is 2.18. The molecule has 1 N–H and O–H groups in total. The molecule has 0 aliphatic carbocycles. The zero-order valence-electron chi connectivity index (χ0n) is 11.6. The normalized spacial score (nSPS) is 18.8. The van der Waals surface area contributed by atoms with Crippen molar-refractivity contribution in [2.45, 2.75) is 33.6 Å². The molecule has 4 nitrogen and oxygen atoms in total.